The zero-order valence-corrected chi connectivity index (χ0v) is 12.2. The number of fused-ring (bicyclic) bond motifs is 1. The van der Waals surface area contributed by atoms with Crippen LogP contribution in [0.2, 0.25) is 0 Å². The van der Waals surface area contributed by atoms with Crippen molar-refractivity contribution in [1.29, 1.82) is 0 Å². The molecule has 5 nitrogen and oxygen atoms in total. The third-order valence-corrected chi connectivity index (χ3v) is 5.00. The lowest BCUT2D eigenvalue weighted by Gasteiger charge is -2.41. The number of nitrogens with zero attached hydrogens (tertiary/aromatic N) is 2. The number of amides is 1. The average Bonchev–Trinajstić information content (AvgIpc) is 2.95. The van der Waals surface area contributed by atoms with Gasteiger partial charge in [0, 0.05) is 19.3 Å². The van der Waals surface area contributed by atoms with Crippen molar-refractivity contribution in [2.24, 2.45) is 11.8 Å². The molecule has 2 atom stereocenters. The van der Waals surface area contributed by atoms with Crippen molar-refractivity contribution in [2.75, 3.05) is 13.1 Å². The number of aromatic carboxylic acids is 1. The number of rotatable bonds is 3. The van der Waals surface area contributed by atoms with Crippen LogP contribution in [-0.2, 0) is 11.3 Å². The van der Waals surface area contributed by atoms with Gasteiger partial charge in [-0.2, -0.15) is 0 Å². The van der Waals surface area contributed by atoms with E-state index in [2.05, 4.69) is 0 Å². The van der Waals surface area contributed by atoms with Crippen molar-refractivity contribution in [3.8, 4) is 0 Å². The number of carboxylic acids is 1. The van der Waals surface area contributed by atoms with Crippen LogP contribution in [0.15, 0.2) is 18.3 Å². The molecule has 21 heavy (non-hydrogen) atoms. The molecule has 1 aromatic heterocycles. The zero-order valence-electron chi connectivity index (χ0n) is 12.2. The Bertz CT molecular complexity index is 537. The SMILES string of the molecule is O=C(O)c1cccn1CC(=O)N1CCC2CCCCC2C1. The summed E-state index contributed by atoms with van der Waals surface area (Å²) in [6, 6.07) is 3.20. The van der Waals surface area contributed by atoms with Gasteiger partial charge in [-0.15, -0.1) is 0 Å². The number of hydrogen-bond donors (Lipinski definition) is 1. The van der Waals surface area contributed by atoms with E-state index in [0.29, 0.717) is 5.92 Å². The monoisotopic (exact) mass is 290 g/mol. The smallest absolute Gasteiger partial charge is 0.352 e. The molecule has 1 aromatic rings. The number of aromatic nitrogens is 1. The lowest BCUT2D eigenvalue weighted by Crippen LogP contribution is -2.46. The minimum atomic E-state index is -0.987. The molecule has 0 aromatic carbocycles. The van der Waals surface area contributed by atoms with Crippen molar-refractivity contribution < 1.29 is 14.7 Å². The summed E-state index contributed by atoms with van der Waals surface area (Å²) in [6.45, 7) is 1.81. The van der Waals surface area contributed by atoms with E-state index in [4.69, 9.17) is 5.11 Å². The fourth-order valence-corrected chi connectivity index (χ4v) is 3.82. The van der Waals surface area contributed by atoms with Gasteiger partial charge in [-0.25, -0.2) is 4.79 Å². The zero-order chi connectivity index (χ0) is 14.8. The molecule has 1 aliphatic heterocycles. The second-order valence-electron chi connectivity index (χ2n) is 6.26. The Labute approximate surface area is 124 Å². The molecule has 1 aliphatic carbocycles. The van der Waals surface area contributed by atoms with Gasteiger partial charge in [-0.3, -0.25) is 4.79 Å². The van der Waals surface area contributed by atoms with Crippen LogP contribution < -0.4 is 0 Å². The van der Waals surface area contributed by atoms with Crippen LogP contribution in [0, 0.1) is 11.8 Å². The highest BCUT2D eigenvalue weighted by molar-refractivity contribution is 5.86. The summed E-state index contributed by atoms with van der Waals surface area (Å²) in [7, 11) is 0. The maximum Gasteiger partial charge on any atom is 0.352 e. The van der Waals surface area contributed by atoms with Crippen LogP contribution >= 0.6 is 0 Å². The summed E-state index contributed by atoms with van der Waals surface area (Å²) in [5.41, 5.74) is 0.177. The van der Waals surface area contributed by atoms with Crippen LogP contribution in [0.5, 0.6) is 0 Å². The van der Waals surface area contributed by atoms with Crippen LogP contribution in [0.3, 0.4) is 0 Å². The Balaban J connectivity index is 1.63. The van der Waals surface area contributed by atoms with Crippen LogP contribution in [-0.4, -0.2) is 39.5 Å². The molecule has 114 valence electrons. The predicted octanol–water partition coefficient (Wildman–Crippen LogP) is 2.22. The summed E-state index contributed by atoms with van der Waals surface area (Å²) >= 11 is 0. The normalized spacial score (nSPS) is 25.4. The topological polar surface area (TPSA) is 62.5 Å². The largest absolute Gasteiger partial charge is 0.477 e. The number of hydrogen-bond acceptors (Lipinski definition) is 2. The first-order chi connectivity index (χ1) is 10.1. The summed E-state index contributed by atoms with van der Waals surface area (Å²) in [5.74, 6) is 0.500. The first kappa shape index (κ1) is 14.2. The fourth-order valence-electron chi connectivity index (χ4n) is 3.82. The minimum Gasteiger partial charge on any atom is -0.477 e. The summed E-state index contributed by atoms with van der Waals surface area (Å²) in [6.07, 6.45) is 7.93. The van der Waals surface area contributed by atoms with Crippen LogP contribution in [0.25, 0.3) is 0 Å². The van der Waals surface area contributed by atoms with E-state index < -0.39 is 5.97 Å². The van der Waals surface area contributed by atoms with E-state index in [9.17, 15) is 9.59 Å². The third-order valence-electron chi connectivity index (χ3n) is 5.00. The molecule has 2 unspecified atom stereocenters. The molecule has 2 fully saturated rings. The molecule has 0 spiro atoms. The van der Waals surface area contributed by atoms with E-state index in [1.807, 2.05) is 4.90 Å². The number of carbonyl (C=O) groups excluding carboxylic acids is 1. The molecular weight excluding hydrogens is 268 g/mol. The Hall–Kier alpha value is -1.78. The highest BCUT2D eigenvalue weighted by Crippen LogP contribution is 2.36. The quantitative estimate of drug-likeness (QED) is 0.928. The molecule has 1 saturated carbocycles. The van der Waals surface area contributed by atoms with E-state index in [-0.39, 0.29) is 18.1 Å². The van der Waals surface area contributed by atoms with Crippen molar-refractivity contribution in [1.82, 2.24) is 9.47 Å². The van der Waals surface area contributed by atoms with E-state index in [1.54, 1.807) is 12.3 Å². The maximum atomic E-state index is 12.4. The Morgan fingerprint density at radius 2 is 1.95 bits per heavy atom. The average molecular weight is 290 g/mol. The highest BCUT2D eigenvalue weighted by atomic mass is 16.4. The van der Waals surface area contributed by atoms with Crippen molar-refractivity contribution in [3.05, 3.63) is 24.0 Å². The van der Waals surface area contributed by atoms with Gasteiger partial charge in [0.05, 0.1) is 0 Å². The molecule has 2 aliphatic rings. The number of piperidine rings is 1. The van der Waals surface area contributed by atoms with Crippen molar-refractivity contribution in [3.63, 3.8) is 0 Å². The first-order valence-corrected chi connectivity index (χ1v) is 7.81. The standard InChI is InChI=1S/C16H22N2O3/c19-15(11-17-8-3-6-14(17)16(20)21)18-9-7-12-4-1-2-5-13(12)10-18/h3,6,8,12-13H,1-2,4-5,7,9-11H2,(H,20,21). The summed E-state index contributed by atoms with van der Waals surface area (Å²) < 4.78 is 1.53. The molecule has 0 bridgehead atoms. The van der Waals surface area contributed by atoms with E-state index in [1.165, 1.54) is 36.3 Å². The second kappa shape index (κ2) is 5.92. The lowest BCUT2D eigenvalue weighted by molar-refractivity contribution is -0.134. The molecule has 0 radical (unpaired) electrons. The Morgan fingerprint density at radius 1 is 1.19 bits per heavy atom. The van der Waals surface area contributed by atoms with E-state index >= 15 is 0 Å². The van der Waals surface area contributed by atoms with Gasteiger partial charge in [0.1, 0.15) is 12.2 Å². The van der Waals surface area contributed by atoms with Crippen LogP contribution in [0.1, 0.15) is 42.6 Å². The molecule has 1 amide bonds. The predicted molar refractivity (Wildman–Crippen MR) is 78.0 cm³/mol. The Kier molecular flexibility index (Phi) is 3.99. The van der Waals surface area contributed by atoms with Gasteiger partial charge < -0.3 is 14.6 Å². The van der Waals surface area contributed by atoms with Gasteiger partial charge in [-0.05, 0) is 36.8 Å². The van der Waals surface area contributed by atoms with E-state index in [0.717, 1.165) is 25.4 Å². The number of carbonyl (C=O) groups is 2. The molecule has 1 N–H and O–H groups in total. The first-order valence-electron chi connectivity index (χ1n) is 7.81. The van der Waals surface area contributed by atoms with Crippen molar-refractivity contribution in [2.45, 2.75) is 38.6 Å². The third kappa shape index (κ3) is 2.96. The number of likely N-dealkylation sites (tertiary alicyclic amines) is 1. The Morgan fingerprint density at radius 3 is 2.71 bits per heavy atom. The fraction of sp³-hybridized carbons (Fsp3) is 0.625. The van der Waals surface area contributed by atoms with Gasteiger partial charge in [0.15, 0.2) is 0 Å². The van der Waals surface area contributed by atoms with Gasteiger partial charge in [0.2, 0.25) is 5.91 Å². The minimum absolute atomic E-state index is 0.0396. The molecule has 2 heterocycles. The molecule has 3 rings (SSSR count). The molecule has 5 heteroatoms. The van der Waals surface area contributed by atoms with Gasteiger partial charge in [-0.1, -0.05) is 19.3 Å². The second-order valence-corrected chi connectivity index (χ2v) is 6.26. The van der Waals surface area contributed by atoms with Gasteiger partial charge >= 0.3 is 5.97 Å². The lowest BCUT2D eigenvalue weighted by atomic mass is 9.75. The maximum absolute atomic E-state index is 12.4. The summed E-state index contributed by atoms with van der Waals surface area (Å²) in [4.78, 5) is 25.4. The van der Waals surface area contributed by atoms with Gasteiger partial charge in [0.25, 0.3) is 0 Å². The number of carboxylic acid groups (broad SMARTS) is 1. The van der Waals surface area contributed by atoms with Crippen LogP contribution in [0.4, 0.5) is 0 Å². The summed E-state index contributed by atoms with van der Waals surface area (Å²) in [5, 5.41) is 9.09. The molecule has 1 saturated heterocycles. The molecular formula is C16H22N2O3. The van der Waals surface area contributed by atoms with Crippen molar-refractivity contribution >= 4 is 11.9 Å². The highest BCUT2D eigenvalue weighted by Gasteiger charge is 2.32.